The lowest BCUT2D eigenvalue weighted by atomic mass is 10.0. The average Bonchev–Trinajstić information content (AvgIpc) is 2.67. The van der Waals surface area contributed by atoms with Crippen molar-refractivity contribution in [2.24, 2.45) is 0 Å². The molecule has 0 bridgehead atoms. The van der Waals surface area contributed by atoms with Crippen LogP contribution in [-0.2, 0) is 11.3 Å². The minimum Gasteiger partial charge on any atom is -0.491 e. The van der Waals surface area contributed by atoms with Crippen molar-refractivity contribution >= 4 is 5.97 Å². The van der Waals surface area contributed by atoms with Gasteiger partial charge in [0.05, 0.1) is 6.10 Å². The third kappa shape index (κ3) is 5.52. The molecule has 1 heterocycles. The van der Waals surface area contributed by atoms with Crippen LogP contribution in [0.5, 0.6) is 5.75 Å². The van der Waals surface area contributed by atoms with Gasteiger partial charge in [0.25, 0.3) is 0 Å². The number of ether oxygens (including phenoxy) is 1. The van der Waals surface area contributed by atoms with E-state index in [0.29, 0.717) is 49.6 Å². The molecule has 0 radical (unpaired) electrons. The molecule has 1 atom stereocenters. The monoisotopic (exact) mass is 404 g/mol. The Morgan fingerprint density at radius 2 is 1.69 bits per heavy atom. The largest absolute Gasteiger partial charge is 0.491 e. The number of carboxylic acid groups (broad SMARTS) is 1. The van der Waals surface area contributed by atoms with Gasteiger partial charge in [0, 0.05) is 32.7 Å². The molecule has 0 spiro atoms. The quantitative estimate of drug-likeness (QED) is 0.763. The summed E-state index contributed by atoms with van der Waals surface area (Å²) in [6.07, 6.45) is 0.0544. The van der Waals surface area contributed by atoms with Crippen molar-refractivity contribution in [3.05, 3.63) is 65.2 Å². The lowest BCUT2D eigenvalue weighted by Gasteiger charge is -2.37. The van der Waals surface area contributed by atoms with E-state index >= 15 is 0 Å². The van der Waals surface area contributed by atoms with Crippen LogP contribution in [0.3, 0.4) is 0 Å². The zero-order chi connectivity index (χ0) is 21.0. The van der Waals surface area contributed by atoms with Crippen LogP contribution in [0.1, 0.15) is 31.0 Å². The van der Waals surface area contributed by atoms with E-state index in [9.17, 15) is 18.7 Å². The van der Waals surface area contributed by atoms with Crippen LogP contribution >= 0.6 is 0 Å². The molecule has 5 nitrogen and oxygen atoms in total. The van der Waals surface area contributed by atoms with Gasteiger partial charge in [0.2, 0.25) is 0 Å². The number of hydrogen-bond acceptors (Lipinski definition) is 4. The van der Waals surface area contributed by atoms with Crippen molar-refractivity contribution in [1.82, 2.24) is 9.80 Å². The summed E-state index contributed by atoms with van der Waals surface area (Å²) < 4.78 is 32.1. The molecule has 0 aromatic heterocycles. The number of rotatable bonds is 7. The fourth-order valence-electron chi connectivity index (χ4n) is 3.59. The predicted octanol–water partition coefficient (Wildman–Crippen LogP) is 3.70. The van der Waals surface area contributed by atoms with Gasteiger partial charge in [0.15, 0.2) is 11.6 Å². The number of piperazine rings is 1. The Balaban J connectivity index is 1.62. The van der Waals surface area contributed by atoms with E-state index in [0.717, 1.165) is 6.07 Å². The summed E-state index contributed by atoms with van der Waals surface area (Å²) in [5.74, 6) is -1.88. The molecule has 2 aromatic carbocycles. The molecule has 2 aromatic rings. The first-order valence-electron chi connectivity index (χ1n) is 9.73. The number of halogens is 2. The van der Waals surface area contributed by atoms with Crippen LogP contribution in [0.2, 0.25) is 0 Å². The summed E-state index contributed by atoms with van der Waals surface area (Å²) in [6.45, 7) is 6.83. The van der Waals surface area contributed by atoms with Gasteiger partial charge < -0.3 is 9.84 Å². The molecule has 0 amide bonds. The maximum Gasteiger partial charge on any atom is 0.325 e. The normalized spacial score (nSPS) is 16.7. The summed E-state index contributed by atoms with van der Waals surface area (Å²) in [7, 11) is 0. The van der Waals surface area contributed by atoms with Gasteiger partial charge >= 0.3 is 5.97 Å². The first-order chi connectivity index (χ1) is 13.8. The van der Waals surface area contributed by atoms with Crippen LogP contribution in [0.4, 0.5) is 8.78 Å². The van der Waals surface area contributed by atoms with Crippen LogP contribution in [0, 0.1) is 11.6 Å². The molecule has 156 valence electrons. The van der Waals surface area contributed by atoms with Crippen LogP contribution < -0.4 is 4.74 Å². The zero-order valence-electron chi connectivity index (χ0n) is 16.6. The predicted molar refractivity (Wildman–Crippen MR) is 106 cm³/mol. The summed E-state index contributed by atoms with van der Waals surface area (Å²) in [5.41, 5.74) is 1.41. The van der Waals surface area contributed by atoms with Gasteiger partial charge in [-0.1, -0.05) is 18.2 Å². The van der Waals surface area contributed by atoms with Gasteiger partial charge in [-0.3, -0.25) is 14.6 Å². The highest BCUT2D eigenvalue weighted by Gasteiger charge is 2.30. The highest BCUT2D eigenvalue weighted by atomic mass is 19.2. The summed E-state index contributed by atoms with van der Waals surface area (Å²) in [4.78, 5) is 16.0. The minimum absolute atomic E-state index is 0.0544. The van der Waals surface area contributed by atoms with E-state index in [2.05, 4.69) is 4.90 Å². The smallest absolute Gasteiger partial charge is 0.325 e. The molecular formula is C22H26F2N2O3. The Morgan fingerprint density at radius 1 is 1.03 bits per heavy atom. The fraction of sp³-hybridized carbons (Fsp3) is 0.409. The first kappa shape index (κ1) is 21.2. The number of carbonyl (C=O) groups is 1. The highest BCUT2D eigenvalue weighted by molar-refractivity contribution is 5.75. The van der Waals surface area contributed by atoms with E-state index < -0.39 is 23.6 Å². The minimum atomic E-state index is -0.892. The van der Waals surface area contributed by atoms with Crippen molar-refractivity contribution in [2.45, 2.75) is 32.5 Å². The molecule has 3 rings (SSSR count). The Hall–Kier alpha value is -2.51. The number of hydrogen-bond donors (Lipinski definition) is 1. The number of aliphatic carboxylic acids is 1. The second kappa shape index (κ2) is 9.33. The lowest BCUT2D eigenvalue weighted by Crippen LogP contribution is -2.48. The second-order valence-corrected chi connectivity index (χ2v) is 7.54. The first-order valence-corrected chi connectivity index (χ1v) is 9.73. The van der Waals surface area contributed by atoms with Crippen molar-refractivity contribution in [1.29, 1.82) is 0 Å². The van der Waals surface area contributed by atoms with Crippen LogP contribution in [-0.4, -0.2) is 53.2 Å². The van der Waals surface area contributed by atoms with E-state index in [1.54, 1.807) is 30.3 Å². The lowest BCUT2D eigenvalue weighted by molar-refractivity contribution is -0.144. The van der Waals surface area contributed by atoms with Gasteiger partial charge in [-0.05, 0) is 49.2 Å². The van der Waals surface area contributed by atoms with Gasteiger partial charge in [0.1, 0.15) is 11.8 Å². The molecule has 0 saturated carbocycles. The van der Waals surface area contributed by atoms with Gasteiger partial charge in [-0.2, -0.15) is 0 Å². The molecule has 1 fully saturated rings. The van der Waals surface area contributed by atoms with E-state index in [1.807, 2.05) is 18.7 Å². The Morgan fingerprint density at radius 3 is 2.24 bits per heavy atom. The molecule has 7 heteroatoms. The molecule has 29 heavy (non-hydrogen) atoms. The second-order valence-electron chi connectivity index (χ2n) is 7.54. The van der Waals surface area contributed by atoms with Crippen LogP contribution in [0.25, 0.3) is 0 Å². The maximum absolute atomic E-state index is 13.4. The molecule has 0 aliphatic carbocycles. The number of carboxylic acids is 1. The van der Waals surface area contributed by atoms with E-state index in [-0.39, 0.29) is 6.10 Å². The number of benzene rings is 2. The summed E-state index contributed by atoms with van der Waals surface area (Å²) >= 11 is 0. The Labute approximate surface area is 169 Å². The van der Waals surface area contributed by atoms with Gasteiger partial charge in [-0.25, -0.2) is 8.78 Å². The maximum atomic E-state index is 13.4. The molecule has 1 aliphatic heterocycles. The van der Waals surface area contributed by atoms with Crippen molar-refractivity contribution in [3.63, 3.8) is 0 Å². The molecule has 1 unspecified atom stereocenters. The van der Waals surface area contributed by atoms with Crippen molar-refractivity contribution in [3.8, 4) is 5.75 Å². The Bertz CT molecular complexity index is 834. The van der Waals surface area contributed by atoms with Crippen molar-refractivity contribution in [2.75, 3.05) is 26.2 Å². The topological polar surface area (TPSA) is 53.0 Å². The third-order valence-corrected chi connectivity index (χ3v) is 4.96. The average molecular weight is 404 g/mol. The fourth-order valence-corrected chi connectivity index (χ4v) is 3.59. The Kier molecular flexibility index (Phi) is 6.82. The van der Waals surface area contributed by atoms with Crippen LogP contribution in [0.15, 0.2) is 42.5 Å². The third-order valence-electron chi connectivity index (χ3n) is 4.96. The summed E-state index contributed by atoms with van der Waals surface area (Å²) in [6, 6.07) is 10.4. The van der Waals surface area contributed by atoms with Crippen molar-refractivity contribution < 1.29 is 23.4 Å². The highest BCUT2D eigenvalue weighted by Crippen LogP contribution is 2.25. The molecule has 1 saturated heterocycles. The molecule has 1 aliphatic rings. The zero-order valence-corrected chi connectivity index (χ0v) is 16.6. The standard InChI is InChI=1S/C22H26F2N2O3/c1-15(2)29-18-6-4-17(5-7-18)21(22(27)28)26-11-9-25(10-12-26)14-16-3-8-19(23)20(24)13-16/h3-8,13,15,21H,9-12,14H2,1-2H3,(H,27,28). The SMILES string of the molecule is CC(C)Oc1ccc(C(C(=O)O)N2CCN(Cc3ccc(F)c(F)c3)CC2)cc1. The van der Waals surface area contributed by atoms with E-state index in [4.69, 9.17) is 4.74 Å². The van der Waals surface area contributed by atoms with E-state index in [1.165, 1.54) is 6.07 Å². The van der Waals surface area contributed by atoms with Gasteiger partial charge in [-0.15, -0.1) is 0 Å². The molecule has 1 N–H and O–H groups in total. The molecular weight excluding hydrogens is 378 g/mol. The number of nitrogens with zero attached hydrogens (tertiary/aromatic N) is 2. The summed E-state index contributed by atoms with van der Waals surface area (Å²) in [5, 5.41) is 9.79.